The highest BCUT2D eigenvalue weighted by Crippen LogP contribution is 2.19. The molecular formula is C14H22N2O2S2. The standard InChI is InChI=1S/C14H22N2O2S2/c1-15(12-13-6-8-14(19-2)9-7-13)20(17,18)16-10-4-3-5-11-16/h6-9H,3-5,10-12H2,1-2H3. The van der Waals surface area contributed by atoms with E-state index in [-0.39, 0.29) is 0 Å². The zero-order valence-electron chi connectivity index (χ0n) is 12.1. The molecule has 1 heterocycles. The van der Waals surface area contributed by atoms with Gasteiger partial charge < -0.3 is 0 Å². The Morgan fingerprint density at radius 3 is 2.30 bits per heavy atom. The first-order valence-electron chi connectivity index (χ1n) is 6.88. The van der Waals surface area contributed by atoms with E-state index in [9.17, 15) is 8.42 Å². The Kier molecular flexibility index (Phi) is 5.49. The molecule has 0 atom stereocenters. The van der Waals surface area contributed by atoms with E-state index >= 15 is 0 Å². The SMILES string of the molecule is CSc1ccc(CN(C)S(=O)(=O)N2CCCCC2)cc1. The van der Waals surface area contributed by atoms with Crippen LogP contribution in [0.15, 0.2) is 29.2 Å². The van der Waals surface area contributed by atoms with Crippen molar-refractivity contribution in [2.45, 2.75) is 30.7 Å². The lowest BCUT2D eigenvalue weighted by Crippen LogP contribution is -2.43. The van der Waals surface area contributed by atoms with E-state index in [4.69, 9.17) is 0 Å². The van der Waals surface area contributed by atoms with Crippen LogP contribution >= 0.6 is 11.8 Å². The van der Waals surface area contributed by atoms with Crippen LogP contribution in [0.2, 0.25) is 0 Å². The Balaban J connectivity index is 2.03. The Labute approximate surface area is 126 Å². The van der Waals surface area contributed by atoms with Gasteiger partial charge in [-0.05, 0) is 36.8 Å². The third-order valence-electron chi connectivity index (χ3n) is 3.60. The van der Waals surface area contributed by atoms with Crippen molar-refractivity contribution >= 4 is 22.0 Å². The number of nitrogens with zero attached hydrogens (tertiary/aromatic N) is 2. The maximum Gasteiger partial charge on any atom is 0.282 e. The zero-order chi connectivity index (χ0) is 14.6. The summed E-state index contributed by atoms with van der Waals surface area (Å²) >= 11 is 1.68. The van der Waals surface area contributed by atoms with Gasteiger partial charge in [0.15, 0.2) is 0 Å². The van der Waals surface area contributed by atoms with Gasteiger partial charge in [0.2, 0.25) is 0 Å². The molecule has 0 aromatic heterocycles. The van der Waals surface area contributed by atoms with Crippen LogP contribution in [0.5, 0.6) is 0 Å². The van der Waals surface area contributed by atoms with Gasteiger partial charge in [-0.2, -0.15) is 17.0 Å². The maximum atomic E-state index is 12.5. The lowest BCUT2D eigenvalue weighted by Gasteiger charge is -2.30. The largest absolute Gasteiger partial charge is 0.282 e. The summed E-state index contributed by atoms with van der Waals surface area (Å²) in [5.74, 6) is 0. The highest BCUT2D eigenvalue weighted by atomic mass is 32.2. The maximum absolute atomic E-state index is 12.5. The normalized spacial score (nSPS) is 17.6. The van der Waals surface area contributed by atoms with Gasteiger partial charge in [-0.3, -0.25) is 0 Å². The number of piperidine rings is 1. The Morgan fingerprint density at radius 1 is 1.15 bits per heavy atom. The molecule has 6 heteroatoms. The fourth-order valence-electron chi connectivity index (χ4n) is 2.36. The highest BCUT2D eigenvalue weighted by molar-refractivity contribution is 7.98. The molecule has 1 aromatic rings. The molecule has 1 aliphatic heterocycles. The first-order chi connectivity index (χ1) is 9.54. The lowest BCUT2D eigenvalue weighted by molar-refractivity contribution is 0.314. The molecule has 0 amide bonds. The van der Waals surface area contributed by atoms with E-state index in [1.54, 1.807) is 23.1 Å². The fraction of sp³-hybridized carbons (Fsp3) is 0.571. The van der Waals surface area contributed by atoms with Crippen LogP contribution in [-0.4, -0.2) is 43.4 Å². The summed E-state index contributed by atoms with van der Waals surface area (Å²) in [5.41, 5.74) is 1.02. The monoisotopic (exact) mass is 314 g/mol. The number of hydrogen-bond acceptors (Lipinski definition) is 3. The van der Waals surface area contributed by atoms with E-state index in [0.29, 0.717) is 19.6 Å². The Morgan fingerprint density at radius 2 is 1.75 bits per heavy atom. The molecule has 112 valence electrons. The summed E-state index contributed by atoms with van der Waals surface area (Å²) in [6.45, 7) is 1.73. The summed E-state index contributed by atoms with van der Waals surface area (Å²) in [6, 6.07) is 8.05. The van der Waals surface area contributed by atoms with E-state index in [2.05, 4.69) is 0 Å². The van der Waals surface area contributed by atoms with Gasteiger partial charge in [-0.15, -0.1) is 11.8 Å². The fourth-order valence-corrected chi connectivity index (χ4v) is 4.20. The van der Waals surface area contributed by atoms with Crippen molar-refractivity contribution in [3.05, 3.63) is 29.8 Å². The quantitative estimate of drug-likeness (QED) is 0.784. The first kappa shape index (κ1) is 15.8. The predicted octanol–water partition coefficient (Wildman–Crippen LogP) is 2.57. The van der Waals surface area contributed by atoms with Gasteiger partial charge in [-0.25, -0.2) is 0 Å². The molecule has 1 saturated heterocycles. The molecule has 0 bridgehead atoms. The predicted molar refractivity (Wildman–Crippen MR) is 84.0 cm³/mol. The van der Waals surface area contributed by atoms with E-state index in [0.717, 1.165) is 24.8 Å². The molecule has 0 spiro atoms. The minimum Gasteiger partial charge on any atom is -0.195 e. The molecule has 1 aromatic carbocycles. The van der Waals surface area contributed by atoms with Crippen LogP contribution in [0.4, 0.5) is 0 Å². The molecule has 1 fully saturated rings. The van der Waals surface area contributed by atoms with Crippen LogP contribution in [-0.2, 0) is 16.8 Å². The van der Waals surface area contributed by atoms with Crippen LogP contribution in [0.3, 0.4) is 0 Å². The average Bonchev–Trinajstić information content (AvgIpc) is 2.49. The number of rotatable bonds is 5. The molecule has 0 saturated carbocycles. The molecule has 0 aliphatic carbocycles. The summed E-state index contributed by atoms with van der Waals surface area (Å²) in [5, 5.41) is 0. The Hall–Kier alpha value is -0.560. The summed E-state index contributed by atoms with van der Waals surface area (Å²) in [7, 11) is -1.66. The molecule has 20 heavy (non-hydrogen) atoms. The van der Waals surface area contributed by atoms with Crippen LogP contribution in [0.25, 0.3) is 0 Å². The number of benzene rings is 1. The van der Waals surface area contributed by atoms with E-state index in [1.807, 2.05) is 30.5 Å². The van der Waals surface area contributed by atoms with Gasteiger partial charge in [0.25, 0.3) is 10.2 Å². The summed E-state index contributed by atoms with van der Waals surface area (Å²) < 4.78 is 28.0. The van der Waals surface area contributed by atoms with E-state index < -0.39 is 10.2 Å². The molecule has 2 rings (SSSR count). The van der Waals surface area contributed by atoms with E-state index in [1.165, 1.54) is 9.20 Å². The van der Waals surface area contributed by atoms with Crippen molar-refractivity contribution in [3.8, 4) is 0 Å². The van der Waals surface area contributed by atoms with Crippen molar-refractivity contribution < 1.29 is 8.42 Å². The molecule has 0 N–H and O–H groups in total. The number of thioether (sulfide) groups is 1. The van der Waals surface area contributed by atoms with Crippen molar-refractivity contribution in [1.82, 2.24) is 8.61 Å². The highest BCUT2D eigenvalue weighted by Gasteiger charge is 2.27. The van der Waals surface area contributed by atoms with Crippen LogP contribution < -0.4 is 0 Å². The van der Waals surface area contributed by atoms with Crippen LogP contribution in [0.1, 0.15) is 24.8 Å². The molecule has 0 radical (unpaired) electrons. The van der Waals surface area contributed by atoms with Crippen molar-refractivity contribution in [2.24, 2.45) is 0 Å². The summed E-state index contributed by atoms with van der Waals surface area (Å²) in [4.78, 5) is 1.19. The van der Waals surface area contributed by atoms with Gasteiger partial charge in [0.05, 0.1) is 0 Å². The minimum absolute atomic E-state index is 0.424. The molecule has 1 aliphatic rings. The van der Waals surface area contributed by atoms with Gasteiger partial charge in [0.1, 0.15) is 0 Å². The topological polar surface area (TPSA) is 40.6 Å². The smallest absolute Gasteiger partial charge is 0.195 e. The van der Waals surface area contributed by atoms with Crippen molar-refractivity contribution in [2.75, 3.05) is 26.4 Å². The molecular weight excluding hydrogens is 292 g/mol. The molecule has 0 unspecified atom stereocenters. The third kappa shape index (κ3) is 3.75. The van der Waals surface area contributed by atoms with Crippen LogP contribution in [0, 0.1) is 0 Å². The lowest BCUT2D eigenvalue weighted by atomic mass is 10.2. The summed E-state index contributed by atoms with van der Waals surface area (Å²) in [6.07, 6.45) is 5.10. The number of hydrogen-bond donors (Lipinski definition) is 0. The van der Waals surface area contributed by atoms with Gasteiger partial charge in [-0.1, -0.05) is 18.6 Å². The second kappa shape index (κ2) is 6.93. The van der Waals surface area contributed by atoms with Gasteiger partial charge in [0, 0.05) is 31.6 Å². The molecule has 4 nitrogen and oxygen atoms in total. The van der Waals surface area contributed by atoms with Crippen molar-refractivity contribution in [3.63, 3.8) is 0 Å². The zero-order valence-corrected chi connectivity index (χ0v) is 13.7. The first-order valence-corrected chi connectivity index (χ1v) is 9.50. The second-order valence-electron chi connectivity index (χ2n) is 5.07. The average molecular weight is 314 g/mol. The van der Waals surface area contributed by atoms with Gasteiger partial charge >= 0.3 is 0 Å². The van der Waals surface area contributed by atoms with Crippen molar-refractivity contribution in [1.29, 1.82) is 0 Å². The minimum atomic E-state index is -3.31. The third-order valence-corrected chi connectivity index (χ3v) is 6.28. The second-order valence-corrected chi connectivity index (χ2v) is 7.99. The Bertz CT molecular complexity index is 523.